The summed E-state index contributed by atoms with van der Waals surface area (Å²) in [6.45, 7) is 1.64. The molecule has 4 rings (SSSR count). The van der Waals surface area contributed by atoms with E-state index in [1.165, 1.54) is 0 Å². The molecule has 8 heteroatoms. The fraction of sp³-hybridized carbons (Fsp3) is 0.182. The maximum Gasteiger partial charge on any atom is 0.249 e. The third kappa shape index (κ3) is 5.32. The SMILES string of the molecule is c1ccc(N=Nc2nccn2CCCCn2ccnc2N=Nc2ccccc2)cc1. The Hall–Kier alpha value is -3.94. The van der Waals surface area contributed by atoms with Gasteiger partial charge in [-0.2, -0.15) is 0 Å². The van der Waals surface area contributed by atoms with Crippen molar-refractivity contribution >= 4 is 23.3 Å². The number of aryl methyl sites for hydroxylation is 2. The first-order chi connectivity index (χ1) is 14.9. The number of rotatable bonds is 9. The van der Waals surface area contributed by atoms with Gasteiger partial charge in [0.1, 0.15) is 0 Å². The van der Waals surface area contributed by atoms with Gasteiger partial charge in [0.25, 0.3) is 0 Å². The Morgan fingerprint density at radius 2 is 1.00 bits per heavy atom. The van der Waals surface area contributed by atoms with E-state index >= 15 is 0 Å². The fourth-order valence-corrected chi connectivity index (χ4v) is 2.92. The molecule has 2 aromatic heterocycles. The van der Waals surface area contributed by atoms with E-state index in [4.69, 9.17) is 0 Å². The van der Waals surface area contributed by atoms with Gasteiger partial charge in [0.2, 0.25) is 11.9 Å². The monoisotopic (exact) mass is 398 g/mol. The molecule has 0 aliphatic carbocycles. The van der Waals surface area contributed by atoms with Gasteiger partial charge in [-0.1, -0.05) is 36.4 Å². The summed E-state index contributed by atoms with van der Waals surface area (Å²) in [5.41, 5.74) is 1.62. The molecule has 0 aliphatic heterocycles. The van der Waals surface area contributed by atoms with Crippen molar-refractivity contribution in [1.82, 2.24) is 19.1 Å². The summed E-state index contributed by atoms with van der Waals surface area (Å²) in [6, 6.07) is 19.3. The summed E-state index contributed by atoms with van der Waals surface area (Å²) in [4.78, 5) is 8.57. The van der Waals surface area contributed by atoms with E-state index in [0.717, 1.165) is 37.3 Å². The predicted molar refractivity (Wildman–Crippen MR) is 115 cm³/mol. The average Bonchev–Trinajstić information content (AvgIpc) is 3.44. The van der Waals surface area contributed by atoms with Gasteiger partial charge < -0.3 is 9.13 Å². The fourth-order valence-electron chi connectivity index (χ4n) is 2.92. The second kappa shape index (κ2) is 10.0. The zero-order chi connectivity index (χ0) is 20.4. The molecular weight excluding hydrogens is 376 g/mol. The van der Waals surface area contributed by atoms with Crippen molar-refractivity contribution in [3.05, 3.63) is 85.5 Å². The lowest BCUT2D eigenvalue weighted by Gasteiger charge is -2.06. The summed E-state index contributed by atoms with van der Waals surface area (Å²) >= 11 is 0. The molecule has 0 spiro atoms. The molecule has 0 atom stereocenters. The largest absolute Gasteiger partial charge is 0.314 e. The van der Waals surface area contributed by atoms with Crippen molar-refractivity contribution in [2.24, 2.45) is 20.5 Å². The highest BCUT2D eigenvalue weighted by atomic mass is 15.3. The number of benzene rings is 2. The van der Waals surface area contributed by atoms with Gasteiger partial charge in [0.15, 0.2) is 0 Å². The quantitative estimate of drug-likeness (QED) is 0.242. The van der Waals surface area contributed by atoms with Gasteiger partial charge in [-0.25, -0.2) is 9.97 Å². The molecule has 0 aliphatic rings. The van der Waals surface area contributed by atoms with Crippen LogP contribution in [-0.4, -0.2) is 19.1 Å². The van der Waals surface area contributed by atoms with Crippen LogP contribution in [0.1, 0.15) is 12.8 Å². The number of imidazole rings is 2. The Morgan fingerprint density at radius 3 is 1.43 bits per heavy atom. The average molecular weight is 398 g/mol. The molecule has 0 unspecified atom stereocenters. The number of hydrogen-bond donors (Lipinski definition) is 0. The minimum absolute atomic E-state index is 0.610. The molecule has 0 radical (unpaired) electrons. The van der Waals surface area contributed by atoms with E-state index in [2.05, 4.69) is 30.4 Å². The van der Waals surface area contributed by atoms with Gasteiger partial charge in [-0.3, -0.25) is 0 Å². The van der Waals surface area contributed by atoms with Crippen LogP contribution in [0.25, 0.3) is 0 Å². The zero-order valence-electron chi connectivity index (χ0n) is 16.5. The lowest BCUT2D eigenvalue weighted by molar-refractivity contribution is 0.554. The number of hydrogen-bond acceptors (Lipinski definition) is 6. The minimum Gasteiger partial charge on any atom is -0.314 e. The van der Waals surface area contributed by atoms with Crippen LogP contribution in [0, 0.1) is 0 Å². The van der Waals surface area contributed by atoms with Gasteiger partial charge in [0.05, 0.1) is 11.4 Å². The molecule has 0 N–H and O–H groups in total. The third-order valence-electron chi connectivity index (χ3n) is 4.46. The molecule has 4 aromatic rings. The Bertz CT molecular complexity index is 1010. The summed E-state index contributed by atoms with van der Waals surface area (Å²) in [7, 11) is 0. The molecule has 8 nitrogen and oxygen atoms in total. The highest BCUT2D eigenvalue weighted by Gasteiger charge is 2.04. The highest BCUT2D eigenvalue weighted by Crippen LogP contribution is 2.18. The van der Waals surface area contributed by atoms with Crippen LogP contribution >= 0.6 is 0 Å². The topological polar surface area (TPSA) is 85.1 Å². The lowest BCUT2D eigenvalue weighted by atomic mass is 10.3. The predicted octanol–water partition coefficient (Wildman–Crippen LogP) is 6.39. The third-order valence-corrected chi connectivity index (χ3v) is 4.46. The van der Waals surface area contributed by atoms with Crippen molar-refractivity contribution < 1.29 is 0 Å². The van der Waals surface area contributed by atoms with Crippen LogP contribution in [-0.2, 0) is 13.1 Å². The van der Waals surface area contributed by atoms with E-state index < -0.39 is 0 Å². The first-order valence-electron chi connectivity index (χ1n) is 9.84. The second-order valence-electron chi connectivity index (χ2n) is 6.62. The molecular formula is C22H22N8. The lowest BCUT2D eigenvalue weighted by Crippen LogP contribution is -2.00. The van der Waals surface area contributed by atoms with Crippen LogP contribution in [0.3, 0.4) is 0 Å². The van der Waals surface area contributed by atoms with Crippen molar-refractivity contribution in [2.45, 2.75) is 25.9 Å². The van der Waals surface area contributed by atoms with E-state index in [0.29, 0.717) is 11.9 Å². The number of aromatic nitrogens is 4. The van der Waals surface area contributed by atoms with Crippen LogP contribution in [0.15, 0.2) is 106 Å². The summed E-state index contributed by atoms with van der Waals surface area (Å²) < 4.78 is 4.02. The zero-order valence-corrected chi connectivity index (χ0v) is 16.5. The smallest absolute Gasteiger partial charge is 0.249 e. The normalized spacial score (nSPS) is 11.6. The van der Waals surface area contributed by atoms with Crippen molar-refractivity contribution in [1.29, 1.82) is 0 Å². The molecule has 0 amide bonds. The Morgan fingerprint density at radius 1 is 0.567 bits per heavy atom. The van der Waals surface area contributed by atoms with Crippen LogP contribution in [0.4, 0.5) is 23.3 Å². The first kappa shape index (κ1) is 19.4. The standard InChI is InChI=1S/C22H22N8/c1-3-9-19(10-4-1)25-27-21-23-13-17-29(21)15-7-8-16-30-18-14-24-22(30)28-26-20-11-5-2-6-12-20/h1-6,9-14,17-18H,7-8,15-16H2. The van der Waals surface area contributed by atoms with E-state index in [-0.39, 0.29) is 0 Å². The van der Waals surface area contributed by atoms with Crippen LogP contribution in [0.5, 0.6) is 0 Å². The van der Waals surface area contributed by atoms with Crippen molar-refractivity contribution in [3.63, 3.8) is 0 Å². The first-order valence-corrected chi connectivity index (χ1v) is 9.84. The molecule has 2 aromatic carbocycles. The summed E-state index contributed by atoms with van der Waals surface area (Å²) in [6.07, 6.45) is 9.29. The maximum absolute atomic E-state index is 4.29. The number of azo groups is 2. The molecule has 0 saturated carbocycles. The Kier molecular flexibility index (Phi) is 6.47. The molecule has 2 heterocycles. The van der Waals surface area contributed by atoms with Gasteiger partial charge in [0, 0.05) is 37.9 Å². The van der Waals surface area contributed by atoms with E-state index in [9.17, 15) is 0 Å². The van der Waals surface area contributed by atoms with Crippen LogP contribution < -0.4 is 0 Å². The maximum atomic E-state index is 4.29. The Balaban J connectivity index is 1.29. The van der Waals surface area contributed by atoms with Crippen LogP contribution in [0.2, 0.25) is 0 Å². The highest BCUT2D eigenvalue weighted by molar-refractivity contribution is 5.36. The molecule has 30 heavy (non-hydrogen) atoms. The molecule has 0 fully saturated rings. The van der Waals surface area contributed by atoms with Gasteiger partial charge in [-0.15, -0.1) is 20.5 Å². The van der Waals surface area contributed by atoms with Crippen molar-refractivity contribution in [2.75, 3.05) is 0 Å². The van der Waals surface area contributed by atoms with Gasteiger partial charge in [-0.05, 0) is 37.1 Å². The van der Waals surface area contributed by atoms with Crippen molar-refractivity contribution in [3.8, 4) is 0 Å². The Labute approximate surface area is 174 Å². The molecule has 0 bridgehead atoms. The van der Waals surface area contributed by atoms with E-state index in [1.54, 1.807) is 12.4 Å². The van der Waals surface area contributed by atoms with Gasteiger partial charge >= 0.3 is 0 Å². The molecule has 150 valence electrons. The number of unbranched alkanes of at least 4 members (excludes halogenated alkanes) is 1. The minimum atomic E-state index is 0.610. The van der Waals surface area contributed by atoms with E-state index in [1.807, 2.05) is 82.2 Å². The molecule has 0 saturated heterocycles. The summed E-state index contributed by atoms with van der Waals surface area (Å²) in [5.74, 6) is 1.22. The summed E-state index contributed by atoms with van der Waals surface area (Å²) in [5, 5.41) is 17.0. The number of nitrogens with zero attached hydrogens (tertiary/aromatic N) is 8. The second-order valence-corrected chi connectivity index (χ2v) is 6.62.